The first-order valence-corrected chi connectivity index (χ1v) is 7.96. The van der Waals surface area contributed by atoms with E-state index in [2.05, 4.69) is 43.4 Å². The Morgan fingerprint density at radius 3 is 2.42 bits per heavy atom. The summed E-state index contributed by atoms with van der Waals surface area (Å²) >= 11 is 1.90. The van der Waals surface area contributed by atoms with E-state index in [4.69, 9.17) is 0 Å². The van der Waals surface area contributed by atoms with Gasteiger partial charge in [0.25, 0.3) is 0 Å². The third-order valence-electron chi connectivity index (χ3n) is 3.11. The SMILES string of the molecule is CCNC(C)(C#N)CCSCc1cc(C)cc(C)c1. The van der Waals surface area contributed by atoms with Crippen LogP contribution < -0.4 is 5.32 Å². The number of rotatable bonds is 7. The van der Waals surface area contributed by atoms with Crippen molar-refractivity contribution in [2.24, 2.45) is 0 Å². The highest BCUT2D eigenvalue weighted by molar-refractivity contribution is 7.98. The van der Waals surface area contributed by atoms with E-state index in [1.165, 1.54) is 16.7 Å². The first kappa shape index (κ1) is 16.1. The quantitative estimate of drug-likeness (QED) is 0.769. The average Bonchev–Trinajstić information content (AvgIpc) is 2.34. The predicted octanol–water partition coefficient (Wildman–Crippen LogP) is 3.82. The van der Waals surface area contributed by atoms with Gasteiger partial charge in [0.2, 0.25) is 0 Å². The van der Waals surface area contributed by atoms with Crippen molar-refractivity contribution in [1.29, 1.82) is 5.26 Å². The van der Waals surface area contributed by atoms with Gasteiger partial charge in [-0.2, -0.15) is 17.0 Å². The van der Waals surface area contributed by atoms with Gasteiger partial charge in [-0.1, -0.05) is 36.2 Å². The van der Waals surface area contributed by atoms with E-state index >= 15 is 0 Å². The third-order valence-corrected chi connectivity index (χ3v) is 4.14. The van der Waals surface area contributed by atoms with E-state index in [0.29, 0.717) is 0 Å². The van der Waals surface area contributed by atoms with Crippen molar-refractivity contribution < 1.29 is 0 Å². The van der Waals surface area contributed by atoms with Gasteiger partial charge in [-0.3, -0.25) is 5.32 Å². The summed E-state index contributed by atoms with van der Waals surface area (Å²) in [4.78, 5) is 0. The number of nitrogens with one attached hydrogen (secondary N) is 1. The monoisotopic (exact) mass is 276 g/mol. The van der Waals surface area contributed by atoms with Gasteiger partial charge in [-0.15, -0.1) is 0 Å². The number of nitrogens with zero attached hydrogens (tertiary/aromatic N) is 1. The van der Waals surface area contributed by atoms with Crippen molar-refractivity contribution in [2.45, 2.75) is 45.4 Å². The molecule has 0 amide bonds. The van der Waals surface area contributed by atoms with Crippen LogP contribution in [0, 0.1) is 25.2 Å². The largest absolute Gasteiger partial charge is 0.300 e. The Morgan fingerprint density at radius 1 is 1.26 bits per heavy atom. The molecule has 0 aliphatic rings. The zero-order valence-corrected chi connectivity index (χ0v) is 13.2. The third kappa shape index (κ3) is 5.67. The molecule has 3 heteroatoms. The molecule has 0 saturated carbocycles. The van der Waals surface area contributed by atoms with Gasteiger partial charge in [-0.05, 0) is 45.1 Å². The second-order valence-corrected chi connectivity index (χ2v) is 6.38. The molecule has 1 aromatic carbocycles. The second kappa shape index (κ2) is 7.57. The molecule has 0 radical (unpaired) electrons. The van der Waals surface area contributed by atoms with Crippen LogP contribution in [0.4, 0.5) is 0 Å². The smallest absolute Gasteiger partial charge is 0.104 e. The van der Waals surface area contributed by atoms with E-state index < -0.39 is 0 Å². The molecule has 0 fully saturated rings. The highest BCUT2D eigenvalue weighted by Gasteiger charge is 2.21. The zero-order chi connectivity index (χ0) is 14.3. The summed E-state index contributed by atoms with van der Waals surface area (Å²) in [5, 5.41) is 12.4. The van der Waals surface area contributed by atoms with Crippen molar-refractivity contribution >= 4 is 11.8 Å². The Balaban J connectivity index is 2.40. The summed E-state index contributed by atoms with van der Waals surface area (Å²) in [6.45, 7) is 9.14. The molecule has 0 bridgehead atoms. The molecule has 19 heavy (non-hydrogen) atoms. The summed E-state index contributed by atoms with van der Waals surface area (Å²) in [6.07, 6.45) is 0.882. The lowest BCUT2D eigenvalue weighted by molar-refractivity contribution is 0.450. The van der Waals surface area contributed by atoms with E-state index in [-0.39, 0.29) is 5.54 Å². The number of nitriles is 1. The van der Waals surface area contributed by atoms with Crippen molar-refractivity contribution in [3.05, 3.63) is 34.9 Å². The number of hydrogen-bond donors (Lipinski definition) is 1. The standard InChI is InChI=1S/C16H24N2S/c1-5-18-16(4,12-17)6-7-19-11-15-9-13(2)8-14(3)10-15/h8-10,18H,5-7,11H2,1-4H3. The second-order valence-electron chi connectivity index (χ2n) is 5.27. The van der Waals surface area contributed by atoms with Crippen molar-refractivity contribution in [3.63, 3.8) is 0 Å². The summed E-state index contributed by atoms with van der Waals surface area (Å²) in [6, 6.07) is 9.06. The van der Waals surface area contributed by atoms with Crippen molar-refractivity contribution in [2.75, 3.05) is 12.3 Å². The molecular formula is C16H24N2S. The van der Waals surface area contributed by atoms with Crippen LogP contribution in [0.15, 0.2) is 18.2 Å². The fourth-order valence-electron chi connectivity index (χ4n) is 2.19. The van der Waals surface area contributed by atoms with E-state index in [0.717, 1.165) is 24.5 Å². The number of thioether (sulfide) groups is 1. The van der Waals surface area contributed by atoms with Crippen molar-refractivity contribution in [3.8, 4) is 6.07 Å². The van der Waals surface area contributed by atoms with Crippen molar-refractivity contribution in [1.82, 2.24) is 5.32 Å². The minimum absolute atomic E-state index is 0.385. The van der Waals surface area contributed by atoms with Crippen LogP contribution in [-0.2, 0) is 5.75 Å². The Kier molecular flexibility index (Phi) is 6.41. The highest BCUT2D eigenvalue weighted by atomic mass is 32.2. The fraction of sp³-hybridized carbons (Fsp3) is 0.562. The van der Waals surface area contributed by atoms with E-state index in [1.807, 2.05) is 25.6 Å². The van der Waals surface area contributed by atoms with Gasteiger partial charge in [0, 0.05) is 5.75 Å². The van der Waals surface area contributed by atoms with E-state index in [9.17, 15) is 5.26 Å². The number of aryl methyl sites for hydroxylation is 2. The average molecular weight is 276 g/mol. The molecule has 1 aromatic rings. The van der Waals surface area contributed by atoms with Gasteiger partial charge >= 0.3 is 0 Å². The maximum absolute atomic E-state index is 9.18. The summed E-state index contributed by atoms with van der Waals surface area (Å²) in [5.74, 6) is 2.03. The molecule has 1 unspecified atom stereocenters. The number of hydrogen-bond acceptors (Lipinski definition) is 3. The molecule has 104 valence electrons. The van der Waals surface area contributed by atoms with Gasteiger partial charge in [0.05, 0.1) is 6.07 Å². The van der Waals surface area contributed by atoms with Crippen LogP contribution in [0.25, 0.3) is 0 Å². The Hall–Kier alpha value is -0.980. The minimum Gasteiger partial charge on any atom is -0.300 e. The maximum atomic E-state index is 9.18. The van der Waals surface area contributed by atoms with Crippen LogP contribution in [0.5, 0.6) is 0 Å². The lowest BCUT2D eigenvalue weighted by Crippen LogP contribution is -2.41. The van der Waals surface area contributed by atoms with Crippen LogP contribution in [0.2, 0.25) is 0 Å². The molecule has 0 heterocycles. The summed E-state index contributed by atoms with van der Waals surface area (Å²) in [5.41, 5.74) is 3.64. The van der Waals surface area contributed by atoms with Gasteiger partial charge in [0.15, 0.2) is 0 Å². The zero-order valence-electron chi connectivity index (χ0n) is 12.4. The molecule has 0 aliphatic heterocycles. The topological polar surface area (TPSA) is 35.8 Å². The lowest BCUT2D eigenvalue weighted by Gasteiger charge is -2.22. The highest BCUT2D eigenvalue weighted by Crippen LogP contribution is 2.19. The molecule has 2 nitrogen and oxygen atoms in total. The Morgan fingerprint density at radius 2 is 1.89 bits per heavy atom. The summed E-state index contributed by atoms with van der Waals surface area (Å²) in [7, 11) is 0. The molecule has 0 spiro atoms. The van der Waals surface area contributed by atoms with Crippen LogP contribution in [0.3, 0.4) is 0 Å². The fourth-order valence-corrected chi connectivity index (χ4v) is 3.29. The predicted molar refractivity (Wildman–Crippen MR) is 84.4 cm³/mol. The van der Waals surface area contributed by atoms with Crippen LogP contribution in [0.1, 0.15) is 37.0 Å². The summed E-state index contributed by atoms with van der Waals surface area (Å²) < 4.78 is 0. The number of benzene rings is 1. The molecule has 0 aliphatic carbocycles. The first-order chi connectivity index (χ1) is 8.99. The maximum Gasteiger partial charge on any atom is 0.104 e. The Bertz CT molecular complexity index is 430. The minimum atomic E-state index is -0.385. The lowest BCUT2D eigenvalue weighted by atomic mass is 10.0. The molecule has 0 saturated heterocycles. The molecular weight excluding hydrogens is 252 g/mol. The molecule has 0 aromatic heterocycles. The van der Waals surface area contributed by atoms with Gasteiger partial charge in [-0.25, -0.2) is 0 Å². The van der Waals surface area contributed by atoms with Gasteiger partial charge < -0.3 is 0 Å². The van der Waals surface area contributed by atoms with Gasteiger partial charge in [0.1, 0.15) is 5.54 Å². The van der Waals surface area contributed by atoms with Crippen LogP contribution >= 0.6 is 11.8 Å². The van der Waals surface area contributed by atoms with Crippen LogP contribution in [-0.4, -0.2) is 17.8 Å². The van der Waals surface area contributed by atoms with E-state index in [1.54, 1.807) is 0 Å². The molecule has 1 atom stereocenters. The first-order valence-electron chi connectivity index (χ1n) is 6.80. The Labute approximate surface area is 121 Å². The normalized spacial score (nSPS) is 13.8. The molecule has 1 rings (SSSR count). The molecule has 1 N–H and O–H groups in total.